The van der Waals surface area contributed by atoms with Gasteiger partial charge in [0.2, 0.25) is 0 Å². The van der Waals surface area contributed by atoms with Crippen LogP contribution in [0.1, 0.15) is 30.5 Å². The molecule has 1 aliphatic heterocycles. The van der Waals surface area contributed by atoms with E-state index in [-0.39, 0.29) is 5.82 Å². The third kappa shape index (κ3) is 17.1. The van der Waals surface area contributed by atoms with Crippen molar-refractivity contribution in [3.05, 3.63) is 77.2 Å². The van der Waals surface area contributed by atoms with Gasteiger partial charge in [-0.05, 0) is 89.2 Å². The van der Waals surface area contributed by atoms with Gasteiger partial charge in [0, 0.05) is 51.2 Å². The fourth-order valence-electron chi connectivity index (χ4n) is 3.59. The van der Waals surface area contributed by atoms with Gasteiger partial charge in [0.1, 0.15) is 12.1 Å². The van der Waals surface area contributed by atoms with E-state index >= 15 is 0 Å². The predicted octanol–water partition coefficient (Wildman–Crippen LogP) is 4.55. The standard InChI is InChI=1S/C14H21N3.C11H12FN.C4H12N2.C2H4O/c1-3-16-8-10-17(11-9-16)14-6-4-13(5-7-14)12-15-2;1-9-5-6-10(11(12)8-9)4-3-7-13-2;1-5-3-4-6-2;1-2-3/h4-7H,2-3,8-12H2,1H3;3,5-8H,2,4H2,1H3;5-6H,3-4H2,1-2H3;2H,1H3/b;7-3-;;. The van der Waals surface area contributed by atoms with Gasteiger partial charge in [-0.3, -0.25) is 9.98 Å². The van der Waals surface area contributed by atoms with Crippen molar-refractivity contribution >= 4 is 25.4 Å². The summed E-state index contributed by atoms with van der Waals surface area (Å²) in [4.78, 5) is 21.2. The van der Waals surface area contributed by atoms with Gasteiger partial charge in [-0.1, -0.05) is 37.3 Å². The fourth-order valence-corrected chi connectivity index (χ4v) is 3.59. The topological polar surface area (TPSA) is 72.3 Å². The summed E-state index contributed by atoms with van der Waals surface area (Å²) in [5.74, 6) is -0.159. The van der Waals surface area contributed by atoms with Crippen LogP contribution in [0.15, 0.2) is 64.7 Å². The van der Waals surface area contributed by atoms with Gasteiger partial charge < -0.3 is 25.2 Å². The molecule has 1 saturated heterocycles. The number of aldehydes is 1. The molecular formula is C31H49FN6O. The number of likely N-dealkylation sites (N-methyl/N-ethyl adjacent to an activating group) is 3. The monoisotopic (exact) mass is 540 g/mol. The van der Waals surface area contributed by atoms with E-state index in [1.54, 1.807) is 18.3 Å². The molecule has 3 rings (SSSR count). The summed E-state index contributed by atoms with van der Waals surface area (Å²) in [6, 6.07) is 13.9. The predicted molar refractivity (Wildman–Crippen MR) is 167 cm³/mol. The number of hydrogen-bond acceptors (Lipinski definition) is 7. The molecule has 216 valence electrons. The van der Waals surface area contributed by atoms with E-state index in [2.05, 4.69) is 75.0 Å². The Labute approximate surface area is 235 Å². The molecule has 0 saturated carbocycles. The van der Waals surface area contributed by atoms with Crippen LogP contribution >= 0.6 is 0 Å². The Hall–Kier alpha value is -3.20. The van der Waals surface area contributed by atoms with Crippen molar-refractivity contribution in [3.8, 4) is 0 Å². The van der Waals surface area contributed by atoms with Crippen molar-refractivity contribution in [1.29, 1.82) is 0 Å². The average molecular weight is 541 g/mol. The quantitative estimate of drug-likeness (QED) is 0.263. The number of nitrogens with one attached hydrogen (secondary N) is 2. The maximum absolute atomic E-state index is 13.2. The van der Waals surface area contributed by atoms with E-state index in [4.69, 9.17) is 4.79 Å². The number of hydrogen-bond donors (Lipinski definition) is 2. The summed E-state index contributed by atoms with van der Waals surface area (Å²) in [5.41, 5.74) is 4.18. The van der Waals surface area contributed by atoms with E-state index in [0.29, 0.717) is 18.5 Å². The molecule has 2 aromatic carbocycles. The zero-order valence-electron chi connectivity index (χ0n) is 24.6. The number of nitrogens with zero attached hydrogens (tertiary/aromatic N) is 4. The first-order valence-electron chi connectivity index (χ1n) is 13.4. The van der Waals surface area contributed by atoms with Gasteiger partial charge in [0.05, 0.1) is 6.54 Å². The molecule has 0 spiro atoms. The highest BCUT2D eigenvalue weighted by atomic mass is 19.1. The van der Waals surface area contributed by atoms with E-state index in [1.807, 2.05) is 27.1 Å². The SMILES string of the molecule is C=N/C=C\Cc1ccc(C)cc1F.C=NCc1ccc(N2CCN(CC)CC2)cc1.CC=O.CNCCNC. The number of halogens is 1. The molecule has 2 N–H and O–H groups in total. The Bertz CT molecular complexity index is 937. The van der Waals surface area contributed by atoms with Crippen LogP contribution < -0.4 is 15.5 Å². The van der Waals surface area contributed by atoms with Crippen LogP contribution in [0.2, 0.25) is 0 Å². The molecule has 0 bridgehead atoms. The lowest BCUT2D eigenvalue weighted by Gasteiger charge is -2.35. The summed E-state index contributed by atoms with van der Waals surface area (Å²) in [7, 11) is 3.88. The number of allylic oxidation sites excluding steroid dienone is 1. The molecule has 39 heavy (non-hydrogen) atoms. The largest absolute Gasteiger partial charge is 0.369 e. The molecule has 8 heteroatoms. The van der Waals surface area contributed by atoms with E-state index in [1.165, 1.54) is 37.3 Å². The summed E-state index contributed by atoms with van der Waals surface area (Å²) >= 11 is 0. The van der Waals surface area contributed by atoms with E-state index < -0.39 is 0 Å². The van der Waals surface area contributed by atoms with Crippen LogP contribution in [0.4, 0.5) is 10.1 Å². The first-order chi connectivity index (χ1) is 18.9. The molecule has 1 aliphatic rings. The fraction of sp³-hybridized carbons (Fsp3) is 0.452. The highest BCUT2D eigenvalue weighted by molar-refractivity contribution is 5.48. The Morgan fingerprint density at radius 3 is 2.05 bits per heavy atom. The number of rotatable bonds is 10. The highest BCUT2D eigenvalue weighted by Crippen LogP contribution is 2.17. The van der Waals surface area contributed by atoms with Crippen molar-refractivity contribution in [3.63, 3.8) is 0 Å². The zero-order chi connectivity index (χ0) is 29.3. The molecule has 1 fully saturated rings. The van der Waals surface area contributed by atoms with Crippen molar-refractivity contribution in [2.24, 2.45) is 9.98 Å². The van der Waals surface area contributed by atoms with Crippen LogP contribution in [0.25, 0.3) is 0 Å². The molecule has 7 nitrogen and oxygen atoms in total. The first kappa shape index (κ1) is 35.8. The molecule has 0 atom stereocenters. The van der Waals surface area contributed by atoms with Gasteiger partial charge in [0.15, 0.2) is 0 Å². The number of carbonyl (C=O) groups is 1. The van der Waals surface area contributed by atoms with Crippen LogP contribution in [0.5, 0.6) is 0 Å². The second kappa shape index (κ2) is 23.9. The molecule has 2 aromatic rings. The molecule has 0 aliphatic carbocycles. The number of benzene rings is 2. The smallest absolute Gasteiger partial charge is 0.126 e. The van der Waals surface area contributed by atoms with Gasteiger partial charge in [-0.25, -0.2) is 4.39 Å². The summed E-state index contributed by atoms with van der Waals surface area (Å²) in [6.45, 7) is 21.0. The van der Waals surface area contributed by atoms with Crippen LogP contribution in [0, 0.1) is 12.7 Å². The molecule has 0 aromatic heterocycles. The van der Waals surface area contributed by atoms with Crippen LogP contribution in [-0.2, 0) is 17.8 Å². The van der Waals surface area contributed by atoms with Crippen LogP contribution in [-0.4, -0.2) is 84.5 Å². The maximum Gasteiger partial charge on any atom is 0.126 e. The number of aliphatic imine (C=N–C) groups is 2. The molecule has 0 amide bonds. The van der Waals surface area contributed by atoms with E-state index in [0.717, 1.165) is 44.6 Å². The van der Waals surface area contributed by atoms with Crippen molar-refractivity contribution in [2.45, 2.75) is 33.7 Å². The van der Waals surface area contributed by atoms with Crippen molar-refractivity contribution in [1.82, 2.24) is 15.5 Å². The third-order valence-corrected chi connectivity index (χ3v) is 5.80. The number of aryl methyl sites for hydroxylation is 1. The second-order valence-electron chi connectivity index (χ2n) is 8.78. The Balaban J connectivity index is 0.000000580. The maximum atomic E-state index is 13.2. The zero-order valence-corrected chi connectivity index (χ0v) is 24.6. The normalized spacial score (nSPS) is 12.7. The lowest BCUT2D eigenvalue weighted by molar-refractivity contribution is -0.106. The Morgan fingerprint density at radius 2 is 1.59 bits per heavy atom. The number of anilines is 1. The first-order valence-corrected chi connectivity index (χ1v) is 13.4. The minimum absolute atomic E-state index is 0.159. The van der Waals surface area contributed by atoms with E-state index in [9.17, 15) is 4.39 Å². The lowest BCUT2D eigenvalue weighted by atomic mass is 10.1. The summed E-state index contributed by atoms with van der Waals surface area (Å²) in [6.07, 6.45) is 4.66. The molecule has 1 heterocycles. The van der Waals surface area contributed by atoms with Crippen molar-refractivity contribution < 1.29 is 9.18 Å². The number of piperazine rings is 1. The van der Waals surface area contributed by atoms with Gasteiger partial charge in [-0.15, -0.1) is 0 Å². The Kier molecular flexibility index (Phi) is 21.9. The van der Waals surface area contributed by atoms with Crippen LogP contribution in [0.3, 0.4) is 0 Å². The van der Waals surface area contributed by atoms with Gasteiger partial charge >= 0.3 is 0 Å². The minimum Gasteiger partial charge on any atom is -0.369 e. The van der Waals surface area contributed by atoms with Crippen molar-refractivity contribution in [2.75, 3.05) is 64.8 Å². The second-order valence-corrected chi connectivity index (χ2v) is 8.78. The average Bonchev–Trinajstić information content (AvgIpc) is 2.95. The lowest BCUT2D eigenvalue weighted by Crippen LogP contribution is -2.46. The molecule has 0 radical (unpaired) electrons. The Morgan fingerprint density at radius 1 is 1.00 bits per heavy atom. The number of carbonyl (C=O) groups excluding carboxylic acids is 1. The third-order valence-electron chi connectivity index (χ3n) is 5.80. The minimum atomic E-state index is -0.159. The van der Waals surface area contributed by atoms with Gasteiger partial charge in [-0.2, -0.15) is 0 Å². The highest BCUT2D eigenvalue weighted by Gasteiger charge is 2.15. The molecule has 0 unspecified atom stereocenters. The molecular weight excluding hydrogens is 491 g/mol. The summed E-state index contributed by atoms with van der Waals surface area (Å²) < 4.78 is 13.2. The summed E-state index contributed by atoms with van der Waals surface area (Å²) in [5, 5.41) is 6.01. The van der Waals surface area contributed by atoms with Gasteiger partial charge in [0.25, 0.3) is 0 Å².